The quantitative estimate of drug-likeness (QED) is 0.186. The monoisotopic (exact) mass is 679 g/mol. The fraction of sp³-hybridized carbons (Fsp3) is 0.300. The second kappa shape index (κ2) is 14.8. The summed E-state index contributed by atoms with van der Waals surface area (Å²) in [5, 5.41) is 9.80. The average molecular weight is 681 g/mol. The topological polar surface area (TPSA) is 137 Å². The first kappa shape index (κ1) is 33.8. The number of carbonyl (C=O) groups excluding carboxylic acids is 2. The second-order valence-electron chi connectivity index (χ2n) is 9.85. The van der Waals surface area contributed by atoms with Gasteiger partial charge in [-0.2, -0.15) is 9.97 Å². The molecule has 15 heteroatoms. The predicted molar refractivity (Wildman–Crippen MR) is 164 cm³/mol. The van der Waals surface area contributed by atoms with Gasteiger partial charge in [0.2, 0.25) is 11.8 Å². The Balaban J connectivity index is 0.000000207. The van der Waals surface area contributed by atoms with Gasteiger partial charge in [-0.3, -0.25) is 4.79 Å². The first-order chi connectivity index (χ1) is 21.4. The number of anilines is 1. The summed E-state index contributed by atoms with van der Waals surface area (Å²) in [6.07, 6.45) is 3.00. The van der Waals surface area contributed by atoms with Crippen molar-refractivity contribution in [3.05, 3.63) is 69.2 Å². The van der Waals surface area contributed by atoms with E-state index in [-0.39, 0.29) is 38.9 Å². The van der Waals surface area contributed by atoms with E-state index in [1.165, 1.54) is 32.4 Å². The number of carboxylic acid groups (broad SMARTS) is 1. The Labute approximate surface area is 272 Å². The van der Waals surface area contributed by atoms with E-state index in [0.29, 0.717) is 32.3 Å². The van der Waals surface area contributed by atoms with Gasteiger partial charge in [0.1, 0.15) is 11.6 Å². The Morgan fingerprint density at radius 2 is 1.69 bits per heavy atom. The predicted octanol–water partition coefficient (Wildman–Crippen LogP) is 7.57. The van der Waals surface area contributed by atoms with Crippen LogP contribution in [0.2, 0.25) is 10.0 Å². The Hall–Kier alpha value is -4.07. The molecular weight excluding hydrogens is 652 g/mol. The van der Waals surface area contributed by atoms with E-state index in [0.717, 1.165) is 43.5 Å². The molecule has 2 aliphatic rings. The lowest BCUT2D eigenvalue weighted by Crippen LogP contribution is -2.29. The number of aromatic carboxylic acids is 1. The van der Waals surface area contributed by atoms with E-state index >= 15 is 0 Å². The molecule has 5 rings (SSSR count). The van der Waals surface area contributed by atoms with Crippen LogP contribution in [-0.2, 0) is 9.53 Å². The number of halogens is 3. The van der Waals surface area contributed by atoms with E-state index < -0.39 is 23.8 Å². The number of nitrogens with zero attached hydrogens (tertiary/aromatic N) is 3. The van der Waals surface area contributed by atoms with Crippen LogP contribution in [0.25, 0.3) is 0 Å². The minimum atomic E-state index is -1.11. The van der Waals surface area contributed by atoms with Crippen LogP contribution in [0.3, 0.4) is 0 Å². The van der Waals surface area contributed by atoms with Gasteiger partial charge >= 0.3 is 18.0 Å². The molecule has 45 heavy (non-hydrogen) atoms. The maximum absolute atomic E-state index is 14.3. The Bertz CT molecular complexity index is 1640. The SMILES string of the molecule is CC(C)=C1OC(=O)N(c2cc(OC3CCCC3)c(Cl)cc2F)C1=O.COc1cc(OC)nc(Sc2cccc(Cl)c2C(=O)O)n1. The molecule has 2 fully saturated rings. The Kier molecular flexibility index (Phi) is 11.1. The van der Waals surface area contributed by atoms with Gasteiger partial charge < -0.3 is 24.1 Å². The number of carbonyl (C=O) groups is 3. The summed E-state index contributed by atoms with van der Waals surface area (Å²) < 4.78 is 35.2. The van der Waals surface area contributed by atoms with Crippen molar-refractivity contribution in [2.45, 2.75) is 55.7 Å². The molecule has 2 heterocycles. The molecule has 3 aromatic rings. The number of imide groups is 1. The van der Waals surface area contributed by atoms with Crippen LogP contribution in [0.4, 0.5) is 14.9 Å². The third-order valence-electron chi connectivity index (χ3n) is 6.53. The van der Waals surface area contributed by atoms with Crippen LogP contribution in [0.15, 0.2) is 57.8 Å². The molecule has 0 radical (unpaired) electrons. The summed E-state index contributed by atoms with van der Waals surface area (Å²) in [7, 11) is 2.94. The highest BCUT2D eigenvalue weighted by Gasteiger charge is 2.40. The average Bonchev–Trinajstić information content (AvgIpc) is 3.61. The molecular formula is C30H28Cl2FN3O8S. The summed E-state index contributed by atoms with van der Waals surface area (Å²) in [6.45, 7) is 3.27. The molecule has 0 bridgehead atoms. The molecule has 1 aromatic heterocycles. The maximum Gasteiger partial charge on any atom is 0.427 e. The highest BCUT2D eigenvalue weighted by molar-refractivity contribution is 7.99. The lowest BCUT2D eigenvalue weighted by Gasteiger charge is -2.18. The van der Waals surface area contributed by atoms with Crippen molar-refractivity contribution in [1.29, 1.82) is 0 Å². The van der Waals surface area contributed by atoms with E-state index in [4.69, 9.17) is 42.1 Å². The van der Waals surface area contributed by atoms with E-state index in [2.05, 4.69) is 9.97 Å². The number of cyclic esters (lactones) is 1. The highest BCUT2D eigenvalue weighted by atomic mass is 35.5. The van der Waals surface area contributed by atoms with Crippen LogP contribution < -0.4 is 19.1 Å². The first-order valence-electron chi connectivity index (χ1n) is 13.5. The van der Waals surface area contributed by atoms with Gasteiger partial charge in [0.05, 0.1) is 47.7 Å². The number of carboxylic acids is 1. The third kappa shape index (κ3) is 7.96. The van der Waals surface area contributed by atoms with Crippen molar-refractivity contribution < 1.29 is 42.8 Å². The van der Waals surface area contributed by atoms with E-state index in [1.54, 1.807) is 26.0 Å². The van der Waals surface area contributed by atoms with Gasteiger partial charge in [-0.15, -0.1) is 0 Å². The molecule has 1 aliphatic carbocycles. The number of allylic oxidation sites excluding steroid dienone is 1. The molecule has 1 saturated heterocycles. The number of amides is 2. The minimum Gasteiger partial charge on any atom is -0.489 e. The van der Waals surface area contributed by atoms with Crippen LogP contribution >= 0.6 is 35.0 Å². The van der Waals surface area contributed by atoms with Gasteiger partial charge in [0, 0.05) is 11.0 Å². The van der Waals surface area contributed by atoms with Crippen molar-refractivity contribution in [2.75, 3.05) is 19.1 Å². The number of methoxy groups -OCH3 is 2. The number of aromatic nitrogens is 2. The van der Waals surface area contributed by atoms with Crippen molar-refractivity contribution in [3.63, 3.8) is 0 Å². The largest absolute Gasteiger partial charge is 0.489 e. The second-order valence-corrected chi connectivity index (χ2v) is 11.7. The summed E-state index contributed by atoms with van der Waals surface area (Å²) in [6, 6.07) is 8.66. The standard InChI is InChI=1S/C17H17ClFNO4.C13H11ClN2O4S/c1-9(2)15-16(21)20(17(22)24-15)13-8-14(11(18)7-12(13)19)23-10-5-3-4-6-10;1-19-9-6-10(20-2)16-13(15-9)21-8-5-3-4-7(14)11(8)12(17)18/h7-8,10H,3-6H2,1-2H3;3-6H,1-2H3,(H,17,18). The normalized spacial score (nSPS) is 14.6. The summed E-state index contributed by atoms with van der Waals surface area (Å²) in [4.78, 5) is 45.0. The van der Waals surface area contributed by atoms with Crippen LogP contribution in [0, 0.1) is 5.82 Å². The van der Waals surface area contributed by atoms with Crippen molar-refractivity contribution in [2.24, 2.45) is 0 Å². The van der Waals surface area contributed by atoms with E-state index in [9.17, 15) is 23.9 Å². The molecule has 1 saturated carbocycles. The number of hydrogen-bond acceptors (Lipinski definition) is 10. The molecule has 1 aliphatic heterocycles. The van der Waals surface area contributed by atoms with Crippen LogP contribution in [0.5, 0.6) is 17.5 Å². The summed E-state index contributed by atoms with van der Waals surface area (Å²) >= 11 is 13.0. The van der Waals surface area contributed by atoms with E-state index in [1.807, 2.05) is 0 Å². The van der Waals surface area contributed by atoms with Gasteiger partial charge in [-0.05, 0) is 75.1 Å². The van der Waals surface area contributed by atoms with Gasteiger partial charge in [-0.25, -0.2) is 18.9 Å². The lowest BCUT2D eigenvalue weighted by atomic mass is 10.2. The molecule has 2 aromatic carbocycles. The van der Waals surface area contributed by atoms with Crippen LogP contribution in [-0.4, -0.2) is 53.4 Å². The Morgan fingerprint density at radius 3 is 2.24 bits per heavy atom. The van der Waals surface area contributed by atoms with Crippen molar-refractivity contribution in [3.8, 4) is 17.5 Å². The minimum absolute atomic E-state index is 0.00885. The molecule has 1 N–H and O–H groups in total. The Morgan fingerprint density at radius 1 is 1.04 bits per heavy atom. The maximum atomic E-state index is 14.3. The van der Waals surface area contributed by atoms with Gasteiger partial charge in [0.15, 0.2) is 10.9 Å². The third-order valence-corrected chi connectivity index (χ3v) is 8.06. The fourth-order valence-corrected chi connectivity index (χ4v) is 5.80. The number of hydrogen-bond donors (Lipinski definition) is 1. The smallest absolute Gasteiger partial charge is 0.427 e. The fourth-order valence-electron chi connectivity index (χ4n) is 4.38. The molecule has 11 nitrogen and oxygen atoms in total. The van der Waals surface area contributed by atoms with Gasteiger partial charge in [0.25, 0.3) is 0 Å². The number of rotatable bonds is 8. The molecule has 0 atom stereocenters. The molecule has 2 amide bonds. The zero-order valence-corrected chi connectivity index (χ0v) is 26.9. The molecule has 0 unspecified atom stereocenters. The number of benzene rings is 2. The molecule has 0 spiro atoms. The zero-order chi connectivity index (χ0) is 32.8. The van der Waals surface area contributed by atoms with Gasteiger partial charge in [-0.1, -0.05) is 29.3 Å². The van der Waals surface area contributed by atoms with Crippen molar-refractivity contribution >= 4 is 58.6 Å². The zero-order valence-electron chi connectivity index (χ0n) is 24.6. The molecule has 238 valence electrons. The van der Waals surface area contributed by atoms with Crippen molar-refractivity contribution in [1.82, 2.24) is 9.97 Å². The summed E-state index contributed by atoms with van der Waals surface area (Å²) in [5.74, 6) is -1.80. The lowest BCUT2D eigenvalue weighted by molar-refractivity contribution is -0.114. The highest BCUT2D eigenvalue weighted by Crippen LogP contribution is 2.38. The van der Waals surface area contributed by atoms with Crippen LogP contribution in [0.1, 0.15) is 49.9 Å². The first-order valence-corrected chi connectivity index (χ1v) is 15.1. The number of ether oxygens (including phenoxy) is 4. The summed E-state index contributed by atoms with van der Waals surface area (Å²) in [5.41, 5.74) is 0.320.